The van der Waals surface area contributed by atoms with Gasteiger partial charge in [0.2, 0.25) is 16.0 Å². The molecule has 5 rings (SSSR count). The minimum atomic E-state index is -3.44. The molecule has 0 radical (unpaired) electrons. The maximum Gasteiger partial charge on any atom is 0.261 e. The zero-order chi connectivity index (χ0) is 23.1. The standard InChI is InChI=1S/C12H10N8.C6H11F2NO2S/c13-11-10-7(3-5-20(10)18-12(14)16-11)8-1-2-9-15-4-6-19(9)17-8;1-12(10,11)9-4-2-3-6(7,8)5-9/h1-6H,(H4,13,14,16,18);2-5H2,1H3. The van der Waals surface area contributed by atoms with Crippen molar-refractivity contribution in [2.24, 2.45) is 0 Å². The quantitative estimate of drug-likeness (QED) is 0.449. The lowest BCUT2D eigenvalue weighted by atomic mass is 10.1. The fourth-order valence-corrected chi connectivity index (χ4v) is 4.33. The van der Waals surface area contributed by atoms with E-state index in [-0.39, 0.29) is 25.3 Å². The number of piperidine rings is 1. The summed E-state index contributed by atoms with van der Waals surface area (Å²) in [5.41, 5.74) is 14.6. The maximum atomic E-state index is 12.7. The highest BCUT2D eigenvalue weighted by Gasteiger charge is 2.38. The smallest absolute Gasteiger partial charge is 0.261 e. The topological polar surface area (TPSA) is 150 Å². The van der Waals surface area contributed by atoms with Crippen LogP contribution in [0, 0.1) is 0 Å². The summed E-state index contributed by atoms with van der Waals surface area (Å²) in [4.78, 5) is 8.15. The van der Waals surface area contributed by atoms with E-state index >= 15 is 0 Å². The molecular formula is C18H21F2N9O2S. The van der Waals surface area contributed by atoms with Crippen molar-refractivity contribution in [1.29, 1.82) is 0 Å². The van der Waals surface area contributed by atoms with Crippen LogP contribution in [0.3, 0.4) is 0 Å². The third-order valence-corrected chi connectivity index (χ3v) is 6.16. The van der Waals surface area contributed by atoms with Crippen molar-refractivity contribution < 1.29 is 17.2 Å². The van der Waals surface area contributed by atoms with Crippen molar-refractivity contribution >= 4 is 33.0 Å². The van der Waals surface area contributed by atoms with Gasteiger partial charge in [-0.25, -0.2) is 31.2 Å². The number of hydrogen-bond donors (Lipinski definition) is 2. The summed E-state index contributed by atoms with van der Waals surface area (Å²) in [7, 11) is -3.44. The first kappa shape index (κ1) is 21.8. The Labute approximate surface area is 181 Å². The van der Waals surface area contributed by atoms with Gasteiger partial charge in [0.1, 0.15) is 5.52 Å². The number of fused-ring (bicyclic) bond motifs is 2. The first-order valence-electron chi connectivity index (χ1n) is 9.57. The molecule has 4 aromatic rings. The zero-order valence-corrected chi connectivity index (χ0v) is 17.9. The molecule has 1 aliphatic heterocycles. The SMILES string of the molecule is CS(=O)(=O)N1CCCC(F)(F)C1.Nc1nc(N)c2c(-c3ccc4nccn4n3)ccn2n1. The van der Waals surface area contributed by atoms with E-state index in [0.717, 1.165) is 27.5 Å². The number of nitrogens with two attached hydrogens (primary N) is 2. The molecule has 0 unspecified atom stereocenters. The van der Waals surface area contributed by atoms with Crippen molar-refractivity contribution in [3.63, 3.8) is 0 Å². The van der Waals surface area contributed by atoms with Gasteiger partial charge in [0.05, 0.1) is 18.5 Å². The summed E-state index contributed by atoms with van der Waals surface area (Å²) in [6.45, 7) is -0.444. The van der Waals surface area contributed by atoms with Crippen LogP contribution in [0.15, 0.2) is 36.8 Å². The Morgan fingerprint density at radius 2 is 1.88 bits per heavy atom. The molecule has 0 amide bonds. The van der Waals surface area contributed by atoms with Gasteiger partial charge < -0.3 is 11.5 Å². The van der Waals surface area contributed by atoms with Crippen LogP contribution >= 0.6 is 0 Å². The van der Waals surface area contributed by atoms with E-state index in [1.54, 1.807) is 27.6 Å². The van der Waals surface area contributed by atoms with Crippen LogP contribution in [-0.2, 0) is 10.0 Å². The second kappa shape index (κ2) is 7.94. The Kier molecular flexibility index (Phi) is 5.42. The van der Waals surface area contributed by atoms with Crippen LogP contribution in [0.5, 0.6) is 0 Å². The molecule has 0 aromatic carbocycles. The minimum absolute atomic E-state index is 0.134. The van der Waals surface area contributed by atoms with E-state index < -0.39 is 22.5 Å². The van der Waals surface area contributed by atoms with E-state index in [1.807, 2.05) is 18.2 Å². The lowest BCUT2D eigenvalue weighted by Crippen LogP contribution is -2.45. The van der Waals surface area contributed by atoms with E-state index in [4.69, 9.17) is 11.5 Å². The number of nitrogens with zero attached hydrogens (tertiary/aromatic N) is 7. The maximum absolute atomic E-state index is 12.7. The molecule has 0 saturated carbocycles. The highest BCUT2D eigenvalue weighted by molar-refractivity contribution is 7.88. The summed E-state index contributed by atoms with van der Waals surface area (Å²) in [5.74, 6) is -2.39. The van der Waals surface area contributed by atoms with Crippen molar-refractivity contribution in [3.8, 4) is 11.3 Å². The normalized spacial score (nSPS) is 16.7. The first-order chi connectivity index (χ1) is 15.0. The van der Waals surface area contributed by atoms with Crippen molar-refractivity contribution in [1.82, 2.24) is 33.5 Å². The molecule has 11 nitrogen and oxygen atoms in total. The fourth-order valence-electron chi connectivity index (χ4n) is 3.45. The fraction of sp³-hybridized carbons (Fsp3) is 0.333. The van der Waals surface area contributed by atoms with Gasteiger partial charge in [-0.3, -0.25) is 0 Å². The van der Waals surface area contributed by atoms with Gasteiger partial charge in [-0.1, -0.05) is 0 Å². The van der Waals surface area contributed by atoms with Gasteiger partial charge >= 0.3 is 0 Å². The largest absolute Gasteiger partial charge is 0.382 e. The average Bonchev–Trinajstić information content (AvgIpc) is 3.33. The number of aromatic nitrogens is 6. The van der Waals surface area contributed by atoms with Gasteiger partial charge in [0.15, 0.2) is 11.5 Å². The van der Waals surface area contributed by atoms with Crippen LogP contribution < -0.4 is 11.5 Å². The molecule has 1 fully saturated rings. The monoisotopic (exact) mass is 465 g/mol. The molecule has 0 atom stereocenters. The molecule has 5 heterocycles. The summed E-state index contributed by atoms with van der Waals surface area (Å²) in [6, 6.07) is 5.65. The second-order valence-electron chi connectivity index (χ2n) is 7.38. The number of sulfonamides is 1. The summed E-state index contributed by atoms with van der Waals surface area (Å²) < 4.78 is 51.2. The van der Waals surface area contributed by atoms with Crippen molar-refractivity contribution in [2.45, 2.75) is 18.8 Å². The van der Waals surface area contributed by atoms with E-state index in [2.05, 4.69) is 20.2 Å². The summed E-state index contributed by atoms with van der Waals surface area (Å²) in [5, 5.41) is 8.58. The zero-order valence-electron chi connectivity index (χ0n) is 17.1. The minimum Gasteiger partial charge on any atom is -0.382 e. The predicted molar refractivity (Wildman–Crippen MR) is 114 cm³/mol. The van der Waals surface area contributed by atoms with Crippen molar-refractivity contribution in [3.05, 3.63) is 36.8 Å². The molecule has 32 heavy (non-hydrogen) atoms. The lowest BCUT2D eigenvalue weighted by Gasteiger charge is -2.30. The number of hydrogen-bond acceptors (Lipinski definition) is 8. The molecular weight excluding hydrogens is 444 g/mol. The molecule has 0 bridgehead atoms. The highest BCUT2D eigenvalue weighted by atomic mass is 32.2. The lowest BCUT2D eigenvalue weighted by molar-refractivity contribution is -0.0432. The van der Waals surface area contributed by atoms with E-state index in [0.29, 0.717) is 11.3 Å². The van der Waals surface area contributed by atoms with E-state index in [1.165, 1.54) is 0 Å². The molecule has 0 aliphatic carbocycles. The molecule has 1 saturated heterocycles. The Hall–Kier alpha value is -3.39. The van der Waals surface area contributed by atoms with Gasteiger partial charge in [-0.15, -0.1) is 5.10 Å². The molecule has 170 valence electrons. The van der Waals surface area contributed by atoms with Gasteiger partial charge in [-0.2, -0.15) is 14.4 Å². The molecule has 4 N–H and O–H groups in total. The van der Waals surface area contributed by atoms with E-state index in [9.17, 15) is 17.2 Å². The third kappa shape index (κ3) is 4.45. The number of anilines is 2. The summed E-state index contributed by atoms with van der Waals surface area (Å²) >= 11 is 0. The number of imidazole rings is 1. The highest BCUT2D eigenvalue weighted by Crippen LogP contribution is 2.28. The van der Waals surface area contributed by atoms with Crippen LogP contribution in [0.2, 0.25) is 0 Å². The number of halogens is 2. The van der Waals surface area contributed by atoms with Gasteiger partial charge in [-0.05, 0) is 24.6 Å². The number of nitrogen functional groups attached to an aromatic ring is 2. The van der Waals surface area contributed by atoms with Crippen molar-refractivity contribution in [2.75, 3.05) is 30.8 Å². The van der Waals surface area contributed by atoms with Crippen LogP contribution in [-0.4, -0.2) is 67.2 Å². The second-order valence-corrected chi connectivity index (χ2v) is 9.36. The first-order valence-corrected chi connectivity index (χ1v) is 11.4. The van der Waals surface area contributed by atoms with Gasteiger partial charge in [0, 0.05) is 37.1 Å². The number of alkyl halides is 2. The molecule has 0 spiro atoms. The molecule has 14 heteroatoms. The van der Waals surface area contributed by atoms with Crippen LogP contribution in [0.1, 0.15) is 12.8 Å². The van der Waals surface area contributed by atoms with Gasteiger partial charge in [0.25, 0.3) is 5.92 Å². The Balaban J connectivity index is 0.000000176. The molecule has 4 aromatic heterocycles. The Morgan fingerprint density at radius 3 is 2.56 bits per heavy atom. The predicted octanol–water partition coefficient (Wildman–Crippen LogP) is 1.28. The van der Waals surface area contributed by atoms with Crippen LogP contribution in [0.4, 0.5) is 20.5 Å². The van der Waals surface area contributed by atoms with Crippen LogP contribution in [0.25, 0.3) is 22.4 Å². The summed E-state index contributed by atoms with van der Waals surface area (Å²) in [6.07, 6.45) is 6.24. The third-order valence-electron chi connectivity index (χ3n) is 4.91. The Bertz CT molecular complexity index is 1380. The molecule has 1 aliphatic rings. The Morgan fingerprint density at radius 1 is 1.09 bits per heavy atom. The average molecular weight is 465 g/mol. The number of rotatable bonds is 2.